The zero-order valence-electron chi connectivity index (χ0n) is 7.90. The van der Waals surface area contributed by atoms with E-state index in [4.69, 9.17) is 0 Å². The molecule has 0 unspecified atom stereocenters. The summed E-state index contributed by atoms with van der Waals surface area (Å²) in [5.41, 5.74) is 0.319. The Hall–Kier alpha value is -1.84. The second kappa shape index (κ2) is 4.41. The van der Waals surface area contributed by atoms with Crippen LogP contribution in [0.1, 0.15) is 10.5 Å². The molecule has 0 aliphatic rings. The molecule has 1 rings (SSSR count). The van der Waals surface area contributed by atoms with Crippen LogP contribution in [0.5, 0.6) is 0 Å². The van der Waals surface area contributed by atoms with Crippen molar-refractivity contribution < 1.29 is 14.3 Å². The highest BCUT2D eigenvalue weighted by molar-refractivity contribution is 6.40. The first-order valence-corrected chi connectivity index (χ1v) is 4.10. The van der Waals surface area contributed by atoms with Crippen LogP contribution in [0.4, 0.5) is 0 Å². The van der Waals surface area contributed by atoms with Gasteiger partial charge in [-0.2, -0.15) is 0 Å². The first kappa shape index (κ1) is 10.2. The molecule has 14 heavy (non-hydrogen) atoms. The highest BCUT2D eigenvalue weighted by Crippen LogP contribution is 2.02. The summed E-state index contributed by atoms with van der Waals surface area (Å²) in [4.78, 5) is 22.5. The fourth-order valence-electron chi connectivity index (χ4n) is 1.00. The van der Waals surface area contributed by atoms with Gasteiger partial charge in [0.2, 0.25) is 0 Å². The Bertz CT molecular complexity index is 365. The Morgan fingerprint density at radius 1 is 1.64 bits per heavy atom. The van der Waals surface area contributed by atoms with Crippen LogP contribution >= 0.6 is 0 Å². The highest BCUT2D eigenvalue weighted by Gasteiger charge is 2.19. The molecule has 0 radical (unpaired) electrons. The van der Waals surface area contributed by atoms with Gasteiger partial charge in [-0.15, -0.1) is 0 Å². The number of rotatable bonds is 4. The number of hydrogen-bond donors (Lipinski definition) is 0. The third-order valence-electron chi connectivity index (χ3n) is 1.69. The zero-order chi connectivity index (χ0) is 10.6. The van der Waals surface area contributed by atoms with Crippen LogP contribution in [0.25, 0.3) is 0 Å². The predicted molar refractivity (Wildman–Crippen MR) is 50.9 cm³/mol. The van der Waals surface area contributed by atoms with Crippen molar-refractivity contribution in [1.29, 1.82) is 0 Å². The second-order valence-electron chi connectivity index (χ2n) is 2.72. The van der Waals surface area contributed by atoms with Gasteiger partial charge in [0.15, 0.2) is 0 Å². The van der Waals surface area contributed by atoms with E-state index in [1.807, 2.05) is 0 Å². The van der Waals surface area contributed by atoms with Crippen molar-refractivity contribution in [3.63, 3.8) is 0 Å². The Morgan fingerprint density at radius 3 is 2.86 bits per heavy atom. The summed E-state index contributed by atoms with van der Waals surface area (Å²) < 4.78 is 6.18. The summed E-state index contributed by atoms with van der Waals surface area (Å²) in [6.45, 7) is 3.43. The third kappa shape index (κ3) is 2.10. The third-order valence-corrected chi connectivity index (χ3v) is 1.69. The van der Waals surface area contributed by atoms with Gasteiger partial charge in [0, 0.05) is 13.2 Å². The molecule has 0 aliphatic carbocycles. The molecule has 0 aliphatic heterocycles. The summed E-state index contributed by atoms with van der Waals surface area (Å²) in [5.74, 6) is -1.49. The second-order valence-corrected chi connectivity index (χ2v) is 2.72. The number of esters is 1. The largest absolute Gasteiger partial charge is 0.455 e. The van der Waals surface area contributed by atoms with Gasteiger partial charge in [-0.3, -0.25) is 4.79 Å². The minimum atomic E-state index is -0.855. The molecule has 4 heteroatoms. The van der Waals surface area contributed by atoms with E-state index < -0.39 is 11.8 Å². The van der Waals surface area contributed by atoms with Crippen LogP contribution in [0, 0.1) is 0 Å². The maximum Gasteiger partial charge on any atom is 0.381 e. The number of aryl methyl sites for hydroxylation is 1. The zero-order valence-corrected chi connectivity index (χ0v) is 7.90. The molecule has 0 amide bonds. The van der Waals surface area contributed by atoms with E-state index in [2.05, 4.69) is 11.3 Å². The van der Waals surface area contributed by atoms with Crippen molar-refractivity contribution in [3.8, 4) is 0 Å². The molecule has 1 heterocycles. The van der Waals surface area contributed by atoms with Gasteiger partial charge < -0.3 is 9.30 Å². The number of Topliss-reactive ketones (excluding diaryl/α,β-unsaturated/α-hetero) is 1. The molecule has 74 valence electrons. The molecule has 0 fully saturated rings. The van der Waals surface area contributed by atoms with Gasteiger partial charge in [-0.1, -0.05) is 12.7 Å². The fraction of sp³-hybridized carbons (Fsp3) is 0.200. The highest BCUT2D eigenvalue weighted by atomic mass is 16.5. The molecular weight excluding hydrogens is 182 g/mol. The van der Waals surface area contributed by atoms with Crippen LogP contribution in [0.3, 0.4) is 0 Å². The maximum atomic E-state index is 11.4. The molecule has 0 spiro atoms. The Morgan fingerprint density at radius 2 is 2.36 bits per heavy atom. The van der Waals surface area contributed by atoms with Crippen molar-refractivity contribution in [2.75, 3.05) is 6.61 Å². The van der Waals surface area contributed by atoms with E-state index in [-0.39, 0.29) is 6.61 Å². The molecule has 0 bridgehead atoms. The standard InChI is InChI=1S/C10H11NO3/c1-3-7-14-10(13)9(12)8-5-4-6-11(8)2/h3-6H,1,7H2,2H3. The molecule has 0 aromatic carbocycles. The lowest BCUT2D eigenvalue weighted by Crippen LogP contribution is -2.19. The van der Waals surface area contributed by atoms with Gasteiger partial charge >= 0.3 is 5.97 Å². The summed E-state index contributed by atoms with van der Waals surface area (Å²) in [5, 5.41) is 0. The van der Waals surface area contributed by atoms with Gasteiger partial charge in [-0.25, -0.2) is 4.79 Å². The fourth-order valence-corrected chi connectivity index (χ4v) is 1.00. The Labute approximate surface area is 81.8 Å². The molecule has 4 nitrogen and oxygen atoms in total. The minimum Gasteiger partial charge on any atom is -0.455 e. The molecule has 1 aromatic heterocycles. The molecule has 0 atom stereocenters. The number of carbonyl (C=O) groups is 2. The quantitative estimate of drug-likeness (QED) is 0.309. The van der Waals surface area contributed by atoms with Crippen LogP contribution in [-0.2, 0) is 16.6 Å². The molecule has 0 saturated carbocycles. The van der Waals surface area contributed by atoms with Crippen LogP contribution in [0.15, 0.2) is 31.0 Å². The van der Waals surface area contributed by atoms with E-state index in [9.17, 15) is 9.59 Å². The average molecular weight is 193 g/mol. The lowest BCUT2D eigenvalue weighted by molar-refractivity contribution is -0.136. The number of ether oxygens (including phenoxy) is 1. The monoisotopic (exact) mass is 193 g/mol. The first-order chi connectivity index (χ1) is 6.66. The molecular formula is C10H11NO3. The lowest BCUT2D eigenvalue weighted by Gasteiger charge is -2.01. The van der Waals surface area contributed by atoms with Crippen molar-refractivity contribution >= 4 is 11.8 Å². The Balaban J connectivity index is 2.71. The van der Waals surface area contributed by atoms with E-state index in [1.165, 1.54) is 6.08 Å². The topological polar surface area (TPSA) is 48.3 Å². The number of aromatic nitrogens is 1. The number of hydrogen-bond acceptors (Lipinski definition) is 3. The van der Waals surface area contributed by atoms with Crippen LogP contribution in [-0.4, -0.2) is 22.9 Å². The van der Waals surface area contributed by atoms with E-state index in [0.717, 1.165) is 0 Å². The lowest BCUT2D eigenvalue weighted by atomic mass is 10.3. The summed E-state index contributed by atoms with van der Waals surface area (Å²) in [6, 6.07) is 3.26. The van der Waals surface area contributed by atoms with Gasteiger partial charge in [0.05, 0.1) is 5.69 Å². The SMILES string of the molecule is C=CCOC(=O)C(=O)c1cccn1C. The summed E-state index contributed by atoms with van der Waals surface area (Å²) >= 11 is 0. The first-order valence-electron chi connectivity index (χ1n) is 4.10. The normalized spacial score (nSPS) is 9.50. The van der Waals surface area contributed by atoms with Crippen molar-refractivity contribution in [2.24, 2.45) is 7.05 Å². The van der Waals surface area contributed by atoms with Crippen molar-refractivity contribution in [2.45, 2.75) is 0 Å². The summed E-state index contributed by atoms with van der Waals surface area (Å²) in [7, 11) is 1.69. The van der Waals surface area contributed by atoms with E-state index >= 15 is 0 Å². The maximum absolute atomic E-state index is 11.4. The summed E-state index contributed by atoms with van der Waals surface area (Å²) in [6.07, 6.45) is 3.10. The number of ketones is 1. The average Bonchev–Trinajstić information content (AvgIpc) is 2.59. The van der Waals surface area contributed by atoms with Gasteiger partial charge in [0.25, 0.3) is 5.78 Å². The Kier molecular flexibility index (Phi) is 3.23. The van der Waals surface area contributed by atoms with Crippen LogP contribution in [0.2, 0.25) is 0 Å². The minimum absolute atomic E-state index is 0.0506. The predicted octanol–water partition coefficient (Wildman–Crippen LogP) is 0.937. The van der Waals surface area contributed by atoms with E-state index in [0.29, 0.717) is 5.69 Å². The van der Waals surface area contributed by atoms with Crippen molar-refractivity contribution in [1.82, 2.24) is 4.57 Å². The van der Waals surface area contributed by atoms with Gasteiger partial charge in [0.1, 0.15) is 6.61 Å². The van der Waals surface area contributed by atoms with E-state index in [1.54, 1.807) is 29.9 Å². The smallest absolute Gasteiger partial charge is 0.381 e. The number of carbonyl (C=O) groups excluding carboxylic acids is 2. The molecule has 0 saturated heterocycles. The van der Waals surface area contributed by atoms with Gasteiger partial charge in [-0.05, 0) is 12.1 Å². The molecule has 0 N–H and O–H groups in total. The molecule has 1 aromatic rings. The number of nitrogens with zero attached hydrogens (tertiary/aromatic N) is 1. The van der Waals surface area contributed by atoms with Crippen molar-refractivity contribution in [3.05, 3.63) is 36.7 Å². The van der Waals surface area contributed by atoms with Crippen LogP contribution < -0.4 is 0 Å².